The van der Waals surface area contributed by atoms with Crippen LogP contribution in [0.2, 0.25) is 5.15 Å². The van der Waals surface area contributed by atoms with Crippen LogP contribution in [-0.2, 0) is 19.4 Å². The SMILES string of the molecule is CCc1cc(Cl)nn1Cc1cn[nH]c1CC(F)(F)F. The molecule has 0 aliphatic carbocycles. The number of aryl methyl sites for hydroxylation is 1. The molecule has 0 fully saturated rings. The van der Waals surface area contributed by atoms with Crippen molar-refractivity contribution < 1.29 is 13.2 Å². The van der Waals surface area contributed by atoms with Gasteiger partial charge in [-0.15, -0.1) is 0 Å². The zero-order valence-corrected chi connectivity index (χ0v) is 10.9. The van der Waals surface area contributed by atoms with E-state index in [1.807, 2.05) is 6.92 Å². The minimum atomic E-state index is -4.27. The molecule has 0 atom stereocenters. The standard InChI is InChI=1S/C11H12ClF3N4/c1-2-8-3-10(12)18-19(8)6-7-5-16-17-9(7)4-11(13,14)15/h3,5H,2,4,6H2,1H3,(H,16,17). The summed E-state index contributed by atoms with van der Waals surface area (Å²) in [6, 6.07) is 1.70. The van der Waals surface area contributed by atoms with E-state index in [4.69, 9.17) is 11.6 Å². The number of hydrogen-bond acceptors (Lipinski definition) is 2. The zero-order chi connectivity index (χ0) is 14.0. The van der Waals surface area contributed by atoms with Crippen molar-refractivity contribution in [2.75, 3.05) is 0 Å². The maximum Gasteiger partial charge on any atom is 0.394 e. The molecule has 0 aliphatic heterocycles. The summed E-state index contributed by atoms with van der Waals surface area (Å²) in [7, 11) is 0. The molecule has 0 aliphatic rings. The van der Waals surface area contributed by atoms with Crippen LogP contribution in [0.15, 0.2) is 12.3 Å². The molecule has 1 N–H and O–H groups in total. The first-order chi connectivity index (χ1) is 8.89. The first kappa shape index (κ1) is 13.9. The number of hydrogen-bond donors (Lipinski definition) is 1. The van der Waals surface area contributed by atoms with E-state index in [1.54, 1.807) is 10.7 Å². The molecule has 0 unspecified atom stereocenters. The van der Waals surface area contributed by atoms with Gasteiger partial charge >= 0.3 is 6.18 Å². The topological polar surface area (TPSA) is 46.5 Å². The molecular weight excluding hydrogens is 281 g/mol. The highest BCUT2D eigenvalue weighted by Crippen LogP contribution is 2.23. The first-order valence-electron chi connectivity index (χ1n) is 5.69. The van der Waals surface area contributed by atoms with E-state index in [-0.39, 0.29) is 12.2 Å². The van der Waals surface area contributed by atoms with Crippen LogP contribution in [0.25, 0.3) is 0 Å². The summed E-state index contributed by atoms with van der Waals surface area (Å²) < 4.78 is 38.8. The Balaban J connectivity index is 2.22. The van der Waals surface area contributed by atoms with Gasteiger partial charge in [-0.1, -0.05) is 18.5 Å². The van der Waals surface area contributed by atoms with Crippen molar-refractivity contribution in [2.24, 2.45) is 0 Å². The first-order valence-corrected chi connectivity index (χ1v) is 6.07. The predicted molar refractivity (Wildman–Crippen MR) is 64.1 cm³/mol. The molecule has 0 spiro atoms. The fraction of sp³-hybridized carbons (Fsp3) is 0.455. The zero-order valence-electron chi connectivity index (χ0n) is 10.1. The second kappa shape index (κ2) is 5.24. The van der Waals surface area contributed by atoms with Crippen LogP contribution in [0.4, 0.5) is 13.2 Å². The molecule has 0 saturated carbocycles. The van der Waals surface area contributed by atoms with Crippen molar-refractivity contribution in [2.45, 2.75) is 32.5 Å². The summed E-state index contributed by atoms with van der Waals surface area (Å²) in [5.41, 5.74) is 1.39. The summed E-state index contributed by atoms with van der Waals surface area (Å²) in [6.07, 6.45) is -3.21. The Morgan fingerprint density at radius 2 is 2.16 bits per heavy atom. The normalized spacial score (nSPS) is 12.1. The molecule has 0 bridgehead atoms. The number of alkyl halides is 3. The molecule has 2 aromatic rings. The lowest BCUT2D eigenvalue weighted by atomic mass is 10.2. The average molecular weight is 293 g/mol. The van der Waals surface area contributed by atoms with E-state index in [9.17, 15) is 13.2 Å². The maximum atomic E-state index is 12.4. The van der Waals surface area contributed by atoms with Crippen LogP contribution in [0, 0.1) is 0 Å². The fourth-order valence-electron chi connectivity index (χ4n) is 1.83. The second-order valence-corrected chi connectivity index (χ2v) is 4.52. The molecule has 2 heterocycles. The Morgan fingerprint density at radius 3 is 2.79 bits per heavy atom. The van der Waals surface area contributed by atoms with Gasteiger partial charge < -0.3 is 0 Å². The van der Waals surface area contributed by atoms with Crippen molar-refractivity contribution >= 4 is 11.6 Å². The minimum absolute atomic E-state index is 0.0566. The lowest BCUT2D eigenvalue weighted by molar-refractivity contribution is -0.128. The summed E-state index contributed by atoms with van der Waals surface area (Å²) in [5, 5.41) is 10.4. The van der Waals surface area contributed by atoms with Gasteiger partial charge in [-0.05, 0) is 12.5 Å². The monoisotopic (exact) mass is 292 g/mol. The Bertz CT molecular complexity index is 559. The lowest BCUT2D eigenvalue weighted by Gasteiger charge is -2.08. The largest absolute Gasteiger partial charge is 0.394 e. The van der Waals surface area contributed by atoms with Gasteiger partial charge in [0, 0.05) is 17.0 Å². The van der Waals surface area contributed by atoms with E-state index in [2.05, 4.69) is 15.3 Å². The molecule has 4 nitrogen and oxygen atoms in total. The van der Waals surface area contributed by atoms with Gasteiger partial charge in [0.15, 0.2) is 5.15 Å². The quantitative estimate of drug-likeness (QED) is 0.942. The van der Waals surface area contributed by atoms with Crippen molar-refractivity contribution in [3.8, 4) is 0 Å². The van der Waals surface area contributed by atoms with Crippen LogP contribution >= 0.6 is 11.6 Å². The smallest absolute Gasteiger partial charge is 0.282 e. The van der Waals surface area contributed by atoms with Crippen LogP contribution in [-0.4, -0.2) is 26.2 Å². The highest BCUT2D eigenvalue weighted by atomic mass is 35.5. The van der Waals surface area contributed by atoms with E-state index in [0.717, 1.165) is 5.69 Å². The summed E-state index contributed by atoms with van der Waals surface area (Å²) in [4.78, 5) is 0. The van der Waals surface area contributed by atoms with E-state index in [1.165, 1.54) is 6.20 Å². The van der Waals surface area contributed by atoms with Crippen LogP contribution in [0.1, 0.15) is 23.9 Å². The summed E-state index contributed by atoms with van der Waals surface area (Å²) in [6.45, 7) is 2.15. The molecule has 2 aromatic heterocycles. The molecule has 0 radical (unpaired) electrons. The van der Waals surface area contributed by atoms with Crippen molar-refractivity contribution in [3.05, 3.63) is 34.4 Å². The molecule has 0 amide bonds. The highest BCUT2D eigenvalue weighted by molar-refractivity contribution is 6.29. The maximum absolute atomic E-state index is 12.4. The van der Waals surface area contributed by atoms with Crippen LogP contribution < -0.4 is 0 Å². The Kier molecular flexibility index (Phi) is 3.84. The number of aromatic amines is 1. The van der Waals surface area contributed by atoms with Crippen molar-refractivity contribution in [1.29, 1.82) is 0 Å². The number of rotatable bonds is 4. The molecule has 104 valence electrons. The minimum Gasteiger partial charge on any atom is -0.282 e. The van der Waals surface area contributed by atoms with Crippen molar-refractivity contribution in [3.63, 3.8) is 0 Å². The second-order valence-electron chi connectivity index (χ2n) is 4.14. The van der Waals surface area contributed by atoms with Gasteiger partial charge in [0.25, 0.3) is 0 Å². The van der Waals surface area contributed by atoms with E-state index in [0.29, 0.717) is 17.1 Å². The van der Waals surface area contributed by atoms with Gasteiger partial charge in [-0.25, -0.2) is 0 Å². The van der Waals surface area contributed by atoms with Gasteiger partial charge in [0.1, 0.15) is 0 Å². The molecule has 19 heavy (non-hydrogen) atoms. The average Bonchev–Trinajstić information content (AvgIpc) is 2.84. The number of nitrogens with zero attached hydrogens (tertiary/aromatic N) is 3. The molecule has 0 saturated heterocycles. The third-order valence-electron chi connectivity index (χ3n) is 2.70. The lowest BCUT2D eigenvalue weighted by Crippen LogP contribution is -2.14. The Labute approximate surface area is 112 Å². The van der Waals surface area contributed by atoms with Gasteiger partial charge in [-0.2, -0.15) is 23.4 Å². The molecule has 8 heteroatoms. The van der Waals surface area contributed by atoms with E-state index < -0.39 is 12.6 Å². The number of aromatic nitrogens is 4. The summed E-state index contributed by atoms with van der Waals surface area (Å²) in [5.74, 6) is 0. The molecule has 0 aromatic carbocycles. The van der Waals surface area contributed by atoms with Gasteiger partial charge in [0.05, 0.1) is 19.2 Å². The fourth-order valence-corrected chi connectivity index (χ4v) is 2.05. The summed E-state index contributed by atoms with van der Waals surface area (Å²) >= 11 is 5.80. The van der Waals surface area contributed by atoms with E-state index >= 15 is 0 Å². The van der Waals surface area contributed by atoms with Crippen molar-refractivity contribution in [1.82, 2.24) is 20.0 Å². The van der Waals surface area contributed by atoms with Crippen LogP contribution in [0.3, 0.4) is 0 Å². The number of nitrogens with one attached hydrogen (secondary N) is 1. The molecule has 2 rings (SSSR count). The number of H-pyrrole nitrogens is 1. The number of halogens is 4. The third-order valence-corrected chi connectivity index (χ3v) is 2.89. The molecular formula is C11H12ClF3N4. The van der Waals surface area contributed by atoms with Gasteiger partial charge in [0.2, 0.25) is 0 Å². The Morgan fingerprint density at radius 1 is 1.42 bits per heavy atom. The van der Waals surface area contributed by atoms with Gasteiger partial charge in [-0.3, -0.25) is 9.78 Å². The van der Waals surface area contributed by atoms with Crippen LogP contribution in [0.5, 0.6) is 0 Å². The predicted octanol–water partition coefficient (Wildman–Crippen LogP) is 2.98. The Hall–Kier alpha value is -1.50. The highest BCUT2D eigenvalue weighted by Gasteiger charge is 2.30. The third kappa shape index (κ3) is 3.50.